The molecule has 0 aromatic carbocycles. The van der Waals surface area contributed by atoms with Gasteiger partial charge in [0.25, 0.3) is 0 Å². The first kappa shape index (κ1) is 15.2. The summed E-state index contributed by atoms with van der Waals surface area (Å²) in [6.45, 7) is 2.21. The average molecular weight is 297 g/mol. The molecule has 9 nitrogen and oxygen atoms in total. The van der Waals surface area contributed by atoms with Crippen LogP contribution in [0, 0.1) is 5.41 Å². The van der Waals surface area contributed by atoms with Crippen molar-refractivity contribution in [3.05, 3.63) is 12.2 Å². The van der Waals surface area contributed by atoms with E-state index in [0.29, 0.717) is 18.8 Å². The van der Waals surface area contributed by atoms with E-state index in [9.17, 15) is 14.7 Å². The number of aromatic nitrogens is 3. The quantitative estimate of drug-likeness (QED) is 0.651. The van der Waals surface area contributed by atoms with Gasteiger partial charge in [0.2, 0.25) is 0 Å². The molecule has 1 aromatic heterocycles. The van der Waals surface area contributed by atoms with Crippen LogP contribution in [0.4, 0.5) is 4.79 Å². The fourth-order valence-corrected chi connectivity index (χ4v) is 2.08. The maximum Gasteiger partial charge on any atom is 0.315 e. The molecule has 1 saturated heterocycles. The van der Waals surface area contributed by atoms with Gasteiger partial charge in [-0.1, -0.05) is 0 Å². The smallest absolute Gasteiger partial charge is 0.315 e. The van der Waals surface area contributed by atoms with Crippen molar-refractivity contribution < 1.29 is 19.4 Å². The van der Waals surface area contributed by atoms with Gasteiger partial charge in [0, 0.05) is 20.0 Å². The molecule has 1 aliphatic heterocycles. The number of amides is 2. The van der Waals surface area contributed by atoms with E-state index in [1.54, 1.807) is 25.0 Å². The summed E-state index contributed by atoms with van der Waals surface area (Å²) in [5.74, 6) is -0.347. The van der Waals surface area contributed by atoms with Gasteiger partial charge in [-0.3, -0.25) is 9.48 Å². The lowest BCUT2D eigenvalue weighted by molar-refractivity contribution is -0.148. The van der Waals surface area contributed by atoms with Gasteiger partial charge in [-0.05, 0) is 6.92 Å². The van der Waals surface area contributed by atoms with Crippen LogP contribution in [-0.2, 0) is 23.0 Å². The van der Waals surface area contributed by atoms with E-state index in [1.807, 2.05) is 0 Å². The van der Waals surface area contributed by atoms with Gasteiger partial charge in [-0.25, -0.2) is 9.78 Å². The second-order valence-electron chi connectivity index (χ2n) is 5.28. The molecule has 9 heteroatoms. The number of nitrogens with one attached hydrogen (secondary N) is 2. The number of hydrogen-bond acceptors (Lipinski definition) is 5. The monoisotopic (exact) mass is 297 g/mol. The number of rotatable bonds is 5. The summed E-state index contributed by atoms with van der Waals surface area (Å²) in [5, 5.41) is 18.6. The van der Waals surface area contributed by atoms with E-state index in [-0.39, 0.29) is 13.2 Å². The van der Waals surface area contributed by atoms with Gasteiger partial charge in [-0.2, -0.15) is 5.10 Å². The molecule has 2 heterocycles. The summed E-state index contributed by atoms with van der Waals surface area (Å²) in [5.41, 5.74) is -1.10. The Balaban J connectivity index is 1.78. The third-order valence-corrected chi connectivity index (χ3v) is 3.53. The number of urea groups is 1. The van der Waals surface area contributed by atoms with E-state index >= 15 is 0 Å². The molecule has 0 saturated carbocycles. The van der Waals surface area contributed by atoms with E-state index in [0.717, 1.165) is 0 Å². The SMILES string of the molecule is Cn1cnc(CCNC(=O)NC2COCC2(C)C(=O)O)n1. The highest BCUT2D eigenvalue weighted by Gasteiger charge is 2.47. The van der Waals surface area contributed by atoms with E-state index in [2.05, 4.69) is 20.7 Å². The zero-order valence-electron chi connectivity index (χ0n) is 12.0. The lowest BCUT2D eigenvalue weighted by Crippen LogP contribution is -2.52. The molecule has 1 aromatic rings. The second kappa shape index (κ2) is 6.08. The van der Waals surface area contributed by atoms with Crippen molar-refractivity contribution >= 4 is 12.0 Å². The summed E-state index contributed by atoms with van der Waals surface area (Å²) in [6.07, 6.45) is 2.09. The summed E-state index contributed by atoms with van der Waals surface area (Å²) < 4.78 is 6.75. The predicted molar refractivity (Wildman–Crippen MR) is 71.6 cm³/mol. The van der Waals surface area contributed by atoms with Crippen LogP contribution in [0.2, 0.25) is 0 Å². The molecule has 21 heavy (non-hydrogen) atoms. The average Bonchev–Trinajstić information content (AvgIpc) is 2.98. The molecule has 2 rings (SSSR count). The van der Waals surface area contributed by atoms with Crippen molar-refractivity contribution in [1.82, 2.24) is 25.4 Å². The van der Waals surface area contributed by atoms with Crippen molar-refractivity contribution in [2.75, 3.05) is 19.8 Å². The van der Waals surface area contributed by atoms with Crippen LogP contribution in [0.5, 0.6) is 0 Å². The molecule has 2 amide bonds. The zero-order chi connectivity index (χ0) is 15.5. The minimum absolute atomic E-state index is 0.0884. The zero-order valence-corrected chi connectivity index (χ0v) is 12.0. The minimum atomic E-state index is -1.10. The Morgan fingerprint density at radius 1 is 1.62 bits per heavy atom. The van der Waals surface area contributed by atoms with E-state index in [4.69, 9.17) is 4.74 Å². The van der Waals surface area contributed by atoms with Crippen LogP contribution in [0.1, 0.15) is 12.7 Å². The highest BCUT2D eigenvalue weighted by Crippen LogP contribution is 2.28. The Bertz CT molecular complexity index is 531. The number of carbonyl (C=O) groups is 2. The number of nitrogens with zero attached hydrogens (tertiary/aromatic N) is 3. The van der Waals surface area contributed by atoms with Crippen molar-refractivity contribution in [2.24, 2.45) is 12.5 Å². The standard InChI is InChI=1S/C12H19N5O4/c1-12(10(18)19)6-21-5-8(12)15-11(20)13-4-3-9-14-7-17(2)16-9/h7-8H,3-6H2,1-2H3,(H,18,19)(H2,13,15,20). The van der Waals surface area contributed by atoms with Crippen molar-refractivity contribution in [3.8, 4) is 0 Å². The molecule has 0 bridgehead atoms. The molecule has 116 valence electrons. The summed E-state index contributed by atoms with van der Waals surface area (Å²) in [6, 6.07) is -0.975. The van der Waals surface area contributed by atoms with Gasteiger partial charge in [0.05, 0.1) is 19.3 Å². The minimum Gasteiger partial charge on any atom is -0.481 e. The third-order valence-electron chi connectivity index (χ3n) is 3.53. The Morgan fingerprint density at radius 2 is 2.38 bits per heavy atom. The number of carboxylic acid groups (broad SMARTS) is 1. The Hall–Kier alpha value is -2.16. The number of aryl methyl sites for hydroxylation is 1. The van der Waals surface area contributed by atoms with Gasteiger partial charge in [0.1, 0.15) is 11.7 Å². The summed E-state index contributed by atoms with van der Waals surface area (Å²) in [7, 11) is 1.77. The van der Waals surface area contributed by atoms with Gasteiger partial charge in [0.15, 0.2) is 5.82 Å². The highest BCUT2D eigenvalue weighted by molar-refractivity contribution is 5.79. The Kier molecular flexibility index (Phi) is 4.41. The molecule has 3 N–H and O–H groups in total. The highest BCUT2D eigenvalue weighted by atomic mass is 16.5. The number of aliphatic carboxylic acids is 1. The summed E-state index contributed by atoms with van der Waals surface area (Å²) >= 11 is 0. The molecular weight excluding hydrogens is 278 g/mol. The normalized spacial score (nSPS) is 24.8. The lowest BCUT2D eigenvalue weighted by atomic mass is 9.85. The number of carbonyl (C=O) groups excluding carboxylic acids is 1. The topological polar surface area (TPSA) is 118 Å². The molecule has 0 radical (unpaired) electrons. The fraction of sp³-hybridized carbons (Fsp3) is 0.667. The molecule has 1 fully saturated rings. The van der Waals surface area contributed by atoms with Crippen LogP contribution in [-0.4, -0.2) is 57.7 Å². The van der Waals surface area contributed by atoms with Gasteiger partial charge < -0.3 is 20.5 Å². The van der Waals surface area contributed by atoms with Crippen LogP contribution in [0.15, 0.2) is 6.33 Å². The number of hydrogen-bond donors (Lipinski definition) is 3. The molecule has 2 unspecified atom stereocenters. The van der Waals surface area contributed by atoms with Crippen LogP contribution >= 0.6 is 0 Å². The largest absolute Gasteiger partial charge is 0.481 e. The maximum absolute atomic E-state index is 11.8. The first-order valence-electron chi connectivity index (χ1n) is 6.62. The number of ether oxygens (including phenoxy) is 1. The fourth-order valence-electron chi connectivity index (χ4n) is 2.08. The predicted octanol–water partition coefficient (Wildman–Crippen LogP) is -0.853. The summed E-state index contributed by atoms with van der Waals surface area (Å²) in [4.78, 5) is 27.1. The molecule has 0 aliphatic carbocycles. The van der Waals surface area contributed by atoms with Crippen molar-refractivity contribution in [3.63, 3.8) is 0 Å². The number of carboxylic acids is 1. The molecule has 1 aliphatic rings. The van der Waals surface area contributed by atoms with Gasteiger partial charge >= 0.3 is 12.0 Å². The van der Waals surface area contributed by atoms with Crippen LogP contribution in [0.3, 0.4) is 0 Å². The Morgan fingerprint density at radius 3 is 3.00 bits per heavy atom. The van der Waals surface area contributed by atoms with Crippen molar-refractivity contribution in [2.45, 2.75) is 19.4 Å². The van der Waals surface area contributed by atoms with Crippen molar-refractivity contribution in [1.29, 1.82) is 0 Å². The first-order chi connectivity index (χ1) is 9.91. The van der Waals surface area contributed by atoms with E-state index in [1.165, 1.54) is 0 Å². The van der Waals surface area contributed by atoms with Crippen LogP contribution < -0.4 is 10.6 Å². The van der Waals surface area contributed by atoms with E-state index < -0.39 is 23.5 Å². The Labute approximate surface area is 121 Å². The first-order valence-corrected chi connectivity index (χ1v) is 6.62. The lowest BCUT2D eigenvalue weighted by Gasteiger charge is -2.25. The van der Waals surface area contributed by atoms with Crippen LogP contribution in [0.25, 0.3) is 0 Å². The molecular formula is C12H19N5O4. The molecule has 2 atom stereocenters. The molecule has 0 spiro atoms. The van der Waals surface area contributed by atoms with Gasteiger partial charge in [-0.15, -0.1) is 0 Å². The second-order valence-corrected chi connectivity index (χ2v) is 5.28. The third kappa shape index (κ3) is 3.48. The maximum atomic E-state index is 11.8.